The van der Waals surface area contributed by atoms with E-state index in [0.29, 0.717) is 0 Å². The van der Waals surface area contributed by atoms with Crippen LogP contribution in [0.5, 0.6) is 0 Å². The number of aryl methyl sites for hydroxylation is 1. The van der Waals surface area contributed by atoms with Crippen LogP contribution in [0.2, 0.25) is 0 Å². The maximum Gasteiger partial charge on any atom is 0.136 e. The maximum absolute atomic E-state index is 4.37. The average molecular weight is 313 g/mol. The number of fused-ring (bicyclic) bond motifs is 1. The number of nitrogens with zero attached hydrogens (tertiary/aromatic N) is 1. The van der Waals surface area contributed by atoms with Gasteiger partial charge in [-0.25, -0.2) is 4.98 Å². The van der Waals surface area contributed by atoms with Crippen LogP contribution in [-0.4, -0.2) is 4.98 Å². The van der Waals surface area contributed by atoms with Crippen LogP contribution in [0.15, 0.2) is 8.26 Å². The molecule has 2 heterocycles. The highest BCUT2D eigenvalue weighted by Crippen LogP contribution is 2.41. The minimum atomic E-state index is 1.12. The van der Waals surface area contributed by atoms with Crippen LogP contribution in [0, 0.1) is 6.92 Å². The third-order valence-electron chi connectivity index (χ3n) is 1.26. The summed E-state index contributed by atoms with van der Waals surface area (Å²) in [5, 5.41) is 1.12. The molecule has 0 spiro atoms. The van der Waals surface area contributed by atoms with Gasteiger partial charge in [0.1, 0.15) is 4.83 Å². The van der Waals surface area contributed by atoms with E-state index in [1.165, 1.54) is 4.70 Å². The fourth-order valence-electron chi connectivity index (χ4n) is 0.835. The van der Waals surface area contributed by atoms with Crippen LogP contribution in [0.4, 0.5) is 0 Å². The molecule has 58 valence electrons. The summed E-state index contributed by atoms with van der Waals surface area (Å²) in [5.41, 5.74) is 0. The first-order valence-electron chi connectivity index (χ1n) is 2.89. The first kappa shape index (κ1) is 8.16. The SMILES string of the molecule is Cc1nc2sc(Br)c(Br)c2s1. The molecule has 11 heavy (non-hydrogen) atoms. The normalized spacial score (nSPS) is 11.2. The van der Waals surface area contributed by atoms with Crippen LogP contribution in [-0.2, 0) is 0 Å². The predicted molar refractivity (Wildman–Crippen MR) is 57.6 cm³/mol. The van der Waals surface area contributed by atoms with Crippen LogP contribution in [0.3, 0.4) is 0 Å². The molecule has 5 heteroatoms. The molecule has 0 atom stereocenters. The summed E-state index contributed by atoms with van der Waals surface area (Å²) in [6.45, 7) is 2.03. The molecule has 0 N–H and O–H groups in total. The molecule has 0 aliphatic carbocycles. The van der Waals surface area contributed by atoms with Gasteiger partial charge in [-0.2, -0.15) is 0 Å². The molecule has 1 nitrogen and oxygen atoms in total. The van der Waals surface area contributed by atoms with E-state index in [0.717, 1.165) is 18.1 Å². The molecule has 0 aromatic carbocycles. The van der Waals surface area contributed by atoms with Crippen molar-refractivity contribution in [3.63, 3.8) is 0 Å². The molecule has 0 radical (unpaired) electrons. The Kier molecular flexibility index (Phi) is 2.07. The smallest absolute Gasteiger partial charge is 0.136 e. The molecular formula is C6H3Br2NS2. The first-order chi connectivity index (χ1) is 5.18. The molecule has 0 saturated carbocycles. The van der Waals surface area contributed by atoms with Crippen LogP contribution >= 0.6 is 54.5 Å². The van der Waals surface area contributed by atoms with E-state index in [2.05, 4.69) is 36.8 Å². The zero-order chi connectivity index (χ0) is 8.01. The van der Waals surface area contributed by atoms with Gasteiger partial charge in [0.15, 0.2) is 0 Å². The Morgan fingerprint density at radius 1 is 1.27 bits per heavy atom. The van der Waals surface area contributed by atoms with Crippen molar-refractivity contribution in [1.82, 2.24) is 4.98 Å². The predicted octanol–water partition coefficient (Wildman–Crippen LogP) is 4.19. The number of hydrogen-bond acceptors (Lipinski definition) is 3. The Labute approximate surface area is 88.7 Å². The van der Waals surface area contributed by atoms with E-state index in [9.17, 15) is 0 Å². The van der Waals surface area contributed by atoms with Gasteiger partial charge in [0, 0.05) is 0 Å². The van der Waals surface area contributed by atoms with Gasteiger partial charge >= 0.3 is 0 Å². The van der Waals surface area contributed by atoms with Crippen LogP contribution in [0.25, 0.3) is 9.53 Å². The van der Waals surface area contributed by atoms with Crippen LogP contribution < -0.4 is 0 Å². The van der Waals surface area contributed by atoms with Crippen molar-refractivity contribution in [2.75, 3.05) is 0 Å². The molecule has 0 amide bonds. The molecule has 0 saturated heterocycles. The Morgan fingerprint density at radius 2 is 2.00 bits per heavy atom. The molecule has 2 aromatic heterocycles. The van der Waals surface area contributed by atoms with Gasteiger partial charge in [-0.1, -0.05) is 0 Å². The first-order valence-corrected chi connectivity index (χ1v) is 6.11. The van der Waals surface area contributed by atoms with Gasteiger partial charge in [0.2, 0.25) is 0 Å². The largest absolute Gasteiger partial charge is 0.231 e. The highest BCUT2D eigenvalue weighted by atomic mass is 79.9. The van der Waals surface area contributed by atoms with Crippen molar-refractivity contribution in [3.05, 3.63) is 13.3 Å². The maximum atomic E-state index is 4.37. The van der Waals surface area contributed by atoms with E-state index in [4.69, 9.17) is 0 Å². The second-order valence-corrected chi connectivity index (χ2v) is 6.37. The zero-order valence-corrected chi connectivity index (χ0v) is 10.3. The van der Waals surface area contributed by atoms with Crippen molar-refractivity contribution in [3.8, 4) is 0 Å². The van der Waals surface area contributed by atoms with E-state index in [1.54, 1.807) is 22.7 Å². The van der Waals surface area contributed by atoms with Crippen molar-refractivity contribution in [2.45, 2.75) is 6.92 Å². The minimum absolute atomic E-state index is 1.12. The lowest BCUT2D eigenvalue weighted by molar-refractivity contribution is 1.36. The third-order valence-corrected chi connectivity index (χ3v) is 5.98. The molecule has 0 unspecified atom stereocenters. The van der Waals surface area contributed by atoms with E-state index < -0.39 is 0 Å². The number of halogens is 2. The summed E-state index contributed by atoms with van der Waals surface area (Å²) in [6.07, 6.45) is 0. The Morgan fingerprint density at radius 3 is 2.64 bits per heavy atom. The quantitative estimate of drug-likeness (QED) is 0.711. The molecule has 2 rings (SSSR count). The molecular weight excluding hydrogens is 310 g/mol. The highest BCUT2D eigenvalue weighted by Gasteiger charge is 2.10. The second kappa shape index (κ2) is 2.80. The summed E-state index contributed by atoms with van der Waals surface area (Å²) >= 11 is 10.3. The van der Waals surface area contributed by atoms with Gasteiger partial charge in [0.25, 0.3) is 0 Å². The lowest BCUT2D eigenvalue weighted by atomic mass is 10.6. The van der Waals surface area contributed by atoms with Gasteiger partial charge < -0.3 is 0 Å². The zero-order valence-electron chi connectivity index (χ0n) is 5.52. The Balaban J connectivity index is 2.88. The molecule has 0 aliphatic heterocycles. The van der Waals surface area contributed by atoms with Crippen LogP contribution in [0.1, 0.15) is 5.01 Å². The number of thiazole rings is 1. The number of thiophene rings is 1. The molecule has 0 bridgehead atoms. The summed E-state index contributed by atoms with van der Waals surface area (Å²) in [6, 6.07) is 0. The summed E-state index contributed by atoms with van der Waals surface area (Å²) in [4.78, 5) is 5.49. The van der Waals surface area contributed by atoms with Crippen molar-refractivity contribution in [1.29, 1.82) is 0 Å². The monoisotopic (exact) mass is 311 g/mol. The molecule has 0 aliphatic rings. The van der Waals surface area contributed by atoms with Gasteiger partial charge in [-0.3, -0.25) is 0 Å². The van der Waals surface area contributed by atoms with Crippen molar-refractivity contribution < 1.29 is 0 Å². The number of rotatable bonds is 0. The summed E-state index contributed by atoms with van der Waals surface area (Å²) in [5.74, 6) is 0. The fraction of sp³-hybridized carbons (Fsp3) is 0.167. The highest BCUT2D eigenvalue weighted by molar-refractivity contribution is 9.13. The van der Waals surface area contributed by atoms with Gasteiger partial charge in [0.05, 0.1) is 18.0 Å². The number of aromatic nitrogens is 1. The van der Waals surface area contributed by atoms with Gasteiger partial charge in [-0.15, -0.1) is 22.7 Å². The molecule has 2 aromatic rings. The Hall–Kier alpha value is 0.550. The van der Waals surface area contributed by atoms with E-state index >= 15 is 0 Å². The van der Waals surface area contributed by atoms with Gasteiger partial charge in [-0.05, 0) is 38.8 Å². The van der Waals surface area contributed by atoms with E-state index in [1.807, 2.05) is 6.92 Å². The third kappa shape index (κ3) is 1.28. The fourth-order valence-corrected chi connectivity index (χ4v) is 4.30. The lowest BCUT2D eigenvalue weighted by Gasteiger charge is -1.80. The minimum Gasteiger partial charge on any atom is -0.231 e. The van der Waals surface area contributed by atoms with Crippen molar-refractivity contribution in [2.24, 2.45) is 0 Å². The lowest BCUT2D eigenvalue weighted by Crippen LogP contribution is -1.59. The van der Waals surface area contributed by atoms with Crippen molar-refractivity contribution >= 4 is 64.1 Å². The summed E-state index contributed by atoms with van der Waals surface area (Å²) < 4.78 is 3.52. The topological polar surface area (TPSA) is 12.9 Å². The second-order valence-electron chi connectivity index (χ2n) is 2.06. The Bertz CT molecular complexity index is 404. The number of hydrogen-bond donors (Lipinski definition) is 0. The summed E-state index contributed by atoms with van der Waals surface area (Å²) in [7, 11) is 0. The molecule has 0 fully saturated rings. The average Bonchev–Trinajstić information content (AvgIpc) is 2.37. The van der Waals surface area contributed by atoms with E-state index in [-0.39, 0.29) is 0 Å². The standard InChI is InChI=1S/C6H3Br2NS2/c1-2-9-6-4(10-2)3(7)5(8)11-6/h1H3.